The zero-order valence-electron chi connectivity index (χ0n) is 23.4. The molecule has 8 nitrogen and oxygen atoms in total. The lowest BCUT2D eigenvalue weighted by Crippen LogP contribution is -2.47. The molecule has 0 radical (unpaired) electrons. The summed E-state index contributed by atoms with van der Waals surface area (Å²) < 4.78 is 5.27. The minimum Gasteiger partial charge on any atom is -0.383 e. The van der Waals surface area contributed by atoms with Gasteiger partial charge in [-0.05, 0) is 62.2 Å². The van der Waals surface area contributed by atoms with Crippen molar-refractivity contribution in [2.45, 2.75) is 62.4 Å². The summed E-state index contributed by atoms with van der Waals surface area (Å²) in [7, 11) is 1.76. The topological polar surface area (TPSA) is 87.2 Å². The van der Waals surface area contributed by atoms with Crippen molar-refractivity contribution in [3.63, 3.8) is 0 Å². The first-order chi connectivity index (χ1) is 19.0. The van der Waals surface area contributed by atoms with E-state index in [2.05, 4.69) is 57.3 Å². The Bertz CT molecular complexity index is 1250. The third-order valence-electron chi connectivity index (χ3n) is 7.91. The number of nitrogens with one attached hydrogen (secondary N) is 1. The van der Waals surface area contributed by atoms with Gasteiger partial charge in [0.15, 0.2) is 5.16 Å². The number of carbonyl (C=O) groups excluding carboxylic acids is 1. The Hall–Kier alpha value is -2.75. The van der Waals surface area contributed by atoms with Gasteiger partial charge in [0.05, 0.1) is 18.0 Å². The Kier molecular flexibility index (Phi) is 9.32. The SMILES string of the molecule is COCCN1CCN(c2nc(Sc3ccc(CC(=O)C4CCCC4)cc3)nc(Cc3cc(C)[nH]n3)c2C)CC1. The number of hydrogen-bond acceptors (Lipinski definition) is 8. The van der Waals surface area contributed by atoms with E-state index in [0.29, 0.717) is 18.6 Å². The molecule has 5 rings (SSSR count). The molecule has 0 atom stereocenters. The van der Waals surface area contributed by atoms with Gasteiger partial charge in [-0.25, -0.2) is 9.97 Å². The van der Waals surface area contributed by atoms with Crippen LogP contribution in [0.2, 0.25) is 0 Å². The highest BCUT2D eigenvalue weighted by Gasteiger charge is 2.24. The number of anilines is 1. The molecule has 1 saturated carbocycles. The van der Waals surface area contributed by atoms with E-state index in [-0.39, 0.29) is 5.92 Å². The number of ether oxygens (including phenoxy) is 1. The highest BCUT2D eigenvalue weighted by molar-refractivity contribution is 7.99. The van der Waals surface area contributed by atoms with E-state index in [0.717, 1.165) is 96.3 Å². The van der Waals surface area contributed by atoms with E-state index in [4.69, 9.17) is 14.7 Å². The van der Waals surface area contributed by atoms with Crippen LogP contribution in [0.1, 0.15) is 53.9 Å². The van der Waals surface area contributed by atoms with Crippen molar-refractivity contribution in [3.05, 3.63) is 58.5 Å². The number of H-pyrrole nitrogens is 1. The van der Waals surface area contributed by atoms with Crippen LogP contribution in [0.3, 0.4) is 0 Å². The van der Waals surface area contributed by atoms with Crippen molar-refractivity contribution in [2.24, 2.45) is 5.92 Å². The van der Waals surface area contributed by atoms with Gasteiger partial charge in [0, 0.05) is 74.7 Å². The number of carbonyl (C=O) groups is 1. The van der Waals surface area contributed by atoms with Crippen molar-refractivity contribution >= 4 is 23.4 Å². The second-order valence-corrected chi connectivity index (χ2v) is 11.9. The molecule has 0 unspecified atom stereocenters. The minimum atomic E-state index is 0.261. The fraction of sp³-hybridized carbons (Fsp3) is 0.533. The summed E-state index contributed by atoms with van der Waals surface area (Å²) in [5.74, 6) is 1.66. The van der Waals surface area contributed by atoms with E-state index in [1.165, 1.54) is 12.8 Å². The van der Waals surface area contributed by atoms with Gasteiger partial charge in [-0.2, -0.15) is 5.10 Å². The molecule has 0 spiro atoms. The summed E-state index contributed by atoms with van der Waals surface area (Å²) in [6.07, 6.45) is 5.69. The molecule has 1 aliphatic carbocycles. The molecule has 2 aromatic heterocycles. The van der Waals surface area contributed by atoms with Crippen LogP contribution in [-0.2, 0) is 22.4 Å². The molecular weight excluding hydrogens is 508 g/mol. The summed E-state index contributed by atoms with van der Waals surface area (Å²) in [6, 6.07) is 10.4. The van der Waals surface area contributed by atoms with Crippen molar-refractivity contribution in [1.29, 1.82) is 0 Å². The van der Waals surface area contributed by atoms with E-state index < -0.39 is 0 Å². The zero-order chi connectivity index (χ0) is 27.2. The summed E-state index contributed by atoms with van der Waals surface area (Å²) >= 11 is 1.58. The van der Waals surface area contributed by atoms with Crippen molar-refractivity contribution in [3.8, 4) is 0 Å². The minimum absolute atomic E-state index is 0.261. The highest BCUT2D eigenvalue weighted by atomic mass is 32.2. The Balaban J connectivity index is 1.33. The molecule has 3 aromatic rings. The number of aryl methyl sites for hydroxylation is 1. The second kappa shape index (κ2) is 13.1. The monoisotopic (exact) mass is 548 g/mol. The zero-order valence-corrected chi connectivity index (χ0v) is 24.2. The smallest absolute Gasteiger partial charge is 0.194 e. The van der Waals surface area contributed by atoms with Gasteiger partial charge in [-0.1, -0.05) is 25.0 Å². The van der Waals surface area contributed by atoms with Gasteiger partial charge >= 0.3 is 0 Å². The van der Waals surface area contributed by atoms with Crippen molar-refractivity contribution in [2.75, 3.05) is 51.3 Å². The predicted molar refractivity (Wildman–Crippen MR) is 155 cm³/mol. The quantitative estimate of drug-likeness (QED) is 0.347. The number of piperazine rings is 1. The third kappa shape index (κ3) is 7.26. The Morgan fingerprint density at radius 2 is 1.82 bits per heavy atom. The summed E-state index contributed by atoms with van der Waals surface area (Å²) in [5.41, 5.74) is 5.24. The first kappa shape index (κ1) is 27.8. The normalized spacial score (nSPS) is 16.7. The number of benzene rings is 1. The Morgan fingerprint density at radius 1 is 1.08 bits per heavy atom. The van der Waals surface area contributed by atoms with Crippen LogP contribution in [0.5, 0.6) is 0 Å². The van der Waals surface area contributed by atoms with Crippen LogP contribution in [0.25, 0.3) is 0 Å². The number of ketones is 1. The lowest BCUT2D eigenvalue weighted by atomic mass is 9.97. The van der Waals surface area contributed by atoms with Crippen LogP contribution in [0, 0.1) is 19.8 Å². The molecule has 0 bridgehead atoms. The Morgan fingerprint density at radius 3 is 2.49 bits per heavy atom. The summed E-state index contributed by atoms with van der Waals surface area (Å²) in [6.45, 7) is 9.70. The first-order valence-corrected chi connectivity index (χ1v) is 14.9. The molecular formula is C30H40N6O2S. The van der Waals surface area contributed by atoms with Gasteiger partial charge in [0.1, 0.15) is 11.6 Å². The fourth-order valence-electron chi connectivity index (χ4n) is 5.57. The largest absolute Gasteiger partial charge is 0.383 e. The fourth-order valence-corrected chi connectivity index (χ4v) is 6.34. The van der Waals surface area contributed by atoms with Crippen LogP contribution >= 0.6 is 11.8 Å². The Labute approximate surface area is 235 Å². The van der Waals surface area contributed by atoms with Gasteiger partial charge in [0.25, 0.3) is 0 Å². The summed E-state index contributed by atoms with van der Waals surface area (Å²) in [5, 5.41) is 8.25. The maximum atomic E-state index is 12.6. The molecule has 1 N–H and O–H groups in total. The number of aromatic amines is 1. The maximum absolute atomic E-state index is 12.6. The van der Waals surface area contributed by atoms with Gasteiger partial charge in [-0.15, -0.1) is 0 Å². The number of aromatic nitrogens is 4. The van der Waals surface area contributed by atoms with Crippen molar-refractivity contribution < 1.29 is 9.53 Å². The average Bonchev–Trinajstić information content (AvgIpc) is 3.63. The van der Waals surface area contributed by atoms with Gasteiger partial charge in [0.2, 0.25) is 0 Å². The van der Waals surface area contributed by atoms with Gasteiger partial charge in [-0.3, -0.25) is 14.8 Å². The third-order valence-corrected chi connectivity index (χ3v) is 8.79. The molecule has 1 aromatic carbocycles. The lowest BCUT2D eigenvalue weighted by molar-refractivity contribution is -0.122. The number of nitrogens with zero attached hydrogens (tertiary/aromatic N) is 5. The maximum Gasteiger partial charge on any atom is 0.194 e. The highest BCUT2D eigenvalue weighted by Crippen LogP contribution is 2.31. The average molecular weight is 549 g/mol. The number of methoxy groups -OCH3 is 1. The van der Waals surface area contributed by atoms with Gasteiger partial charge < -0.3 is 9.64 Å². The first-order valence-electron chi connectivity index (χ1n) is 14.1. The molecule has 1 aliphatic heterocycles. The number of Topliss-reactive ketones (excluding diaryl/α,β-unsaturated/α-hetero) is 1. The number of hydrogen-bond donors (Lipinski definition) is 1. The standard InChI is InChI=1S/C30H40N6O2S/c1-21-18-25(34-33-21)20-27-22(2)29(36-14-12-35(13-15-36)16-17-38-3)32-30(31-27)39-26-10-8-23(9-11-26)19-28(37)24-6-4-5-7-24/h8-11,18,24H,4-7,12-17,19-20H2,1-3H3,(H,33,34). The van der Waals surface area contributed by atoms with Crippen molar-refractivity contribution in [1.82, 2.24) is 25.1 Å². The van der Waals surface area contributed by atoms with E-state index in [1.807, 2.05) is 6.92 Å². The van der Waals surface area contributed by atoms with Crippen LogP contribution < -0.4 is 4.90 Å². The second-order valence-electron chi connectivity index (χ2n) is 10.8. The molecule has 3 heterocycles. The predicted octanol–water partition coefficient (Wildman–Crippen LogP) is 4.63. The molecule has 2 aliphatic rings. The van der Waals surface area contributed by atoms with E-state index in [1.54, 1.807) is 18.9 Å². The van der Waals surface area contributed by atoms with Crippen LogP contribution in [-0.4, -0.2) is 77.3 Å². The lowest BCUT2D eigenvalue weighted by Gasteiger charge is -2.36. The van der Waals surface area contributed by atoms with Crippen LogP contribution in [0.4, 0.5) is 5.82 Å². The number of rotatable bonds is 11. The van der Waals surface area contributed by atoms with E-state index >= 15 is 0 Å². The molecule has 208 valence electrons. The molecule has 39 heavy (non-hydrogen) atoms. The molecule has 1 saturated heterocycles. The molecule has 2 fully saturated rings. The van der Waals surface area contributed by atoms with E-state index in [9.17, 15) is 4.79 Å². The molecule has 9 heteroatoms. The summed E-state index contributed by atoms with van der Waals surface area (Å²) in [4.78, 5) is 28.6. The molecule has 0 amide bonds. The van der Waals surface area contributed by atoms with Crippen LogP contribution in [0.15, 0.2) is 40.4 Å².